The number of alkyl halides is 5. The molecule has 0 amide bonds. The molecule has 1 atom stereocenters. The molecule has 0 aliphatic rings. The summed E-state index contributed by atoms with van der Waals surface area (Å²) in [5, 5.41) is 0. The molecule has 0 saturated carbocycles. The van der Waals surface area contributed by atoms with Crippen LogP contribution in [0.1, 0.15) is 24.2 Å². The lowest BCUT2D eigenvalue weighted by Crippen LogP contribution is -2.19. The normalized spacial score (nSPS) is 14.5. The van der Waals surface area contributed by atoms with E-state index in [-0.39, 0.29) is 5.75 Å². The zero-order chi connectivity index (χ0) is 13.3. The van der Waals surface area contributed by atoms with E-state index in [1.54, 1.807) is 0 Å². The fourth-order valence-electron chi connectivity index (χ4n) is 1.23. The molecule has 1 aromatic carbocycles. The van der Waals surface area contributed by atoms with Crippen LogP contribution in [0.3, 0.4) is 0 Å². The number of hydrogen-bond acceptors (Lipinski definition) is 1. The number of rotatable bonds is 3. The second-order valence-corrected chi connectivity index (χ2v) is 4.96. The van der Waals surface area contributed by atoms with Crippen molar-refractivity contribution in [1.29, 1.82) is 0 Å². The summed E-state index contributed by atoms with van der Waals surface area (Å²) in [4.78, 5) is -0.588. The molecular weight excluding hydrogens is 304 g/mol. The Kier molecular flexibility index (Phi) is 4.06. The van der Waals surface area contributed by atoms with Crippen LogP contribution in [0.15, 0.2) is 24.3 Å². The van der Waals surface area contributed by atoms with Crippen LogP contribution in [0.25, 0.3) is 0 Å². The second-order valence-electron chi connectivity index (χ2n) is 4.04. The van der Waals surface area contributed by atoms with E-state index < -0.39 is 16.9 Å². The van der Waals surface area contributed by atoms with E-state index in [1.165, 1.54) is 26.0 Å². The monoisotopic (exact) mass is 314 g/mol. The summed E-state index contributed by atoms with van der Waals surface area (Å²) < 4.78 is 53.0. The van der Waals surface area contributed by atoms with E-state index in [4.69, 9.17) is 0 Å². The molecular formula is C11H11BrF4O. The minimum atomic E-state index is -4.71. The molecule has 0 spiro atoms. The zero-order valence-electron chi connectivity index (χ0n) is 9.18. The molecule has 0 N–H and O–H groups in total. The molecule has 1 unspecified atom stereocenters. The van der Waals surface area contributed by atoms with Crippen molar-refractivity contribution in [2.24, 2.45) is 0 Å². The first-order valence-corrected chi connectivity index (χ1v) is 5.70. The topological polar surface area (TPSA) is 9.23 Å². The minimum absolute atomic E-state index is 0.322. The standard InChI is InChI=1S/C11H11BrF4O/c1-10(2,13)9(12)7-3-5-8(6-4-7)17-11(14,15)16/h3-6,9H,1-2H3. The Morgan fingerprint density at radius 3 is 1.88 bits per heavy atom. The van der Waals surface area contributed by atoms with Gasteiger partial charge in [0.25, 0.3) is 0 Å². The van der Waals surface area contributed by atoms with Crippen molar-refractivity contribution >= 4 is 15.9 Å². The van der Waals surface area contributed by atoms with Gasteiger partial charge < -0.3 is 4.74 Å². The molecule has 0 saturated heterocycles. The highest BCUT2D eigenvalue weighted by Gasteiger charge is 2.31. The molecule has 0 fully saturated rings. The van der Waals surface area contributed by atoms with Gasteiger partial charge in [-0.2, -0.15) is 0 Å². The molecule has 17 heavy (non-hydrogen) atoms. The van der Waals surface area contributed by atoms with E-state index in [0.717, 1.165) is 12.1 Å². The first kappa shape index (κ1) is 14.3. The summed E-state index contributed by atoms with van der Waals surface area (Å²) in [6, 6.07) is 5.09. The first-order chi connectivity index (χ1) is 7.59. The minimum Gasteiger partial charge on any atom is -0.406 e. The van der Waals surface area contributed by atoms with Gasteiger partial charge in [0.05, 0.1) is 4.83 Å². The Labute approximate surface area is 105 Å². The number of hydrogen-bond donors (Lipinski definition) is 0. The predicted octanol–water partition coefficient (Wildman–Crippen LogP) is 4.77. The summed E-state index contributed by atoms with van der Waals surface area (Å²) in [7, 11) is 0. The van der Waals surface area contributed by atoms with Gasteiger partial charge in [-0.15, -0.1) is 13.2 Å². The molecule has 0 aliphatic carbocycles. The van der Waals surface area contributed by atoms with Crippen LogP contribution in [-0.4, -0.2) is 12.0 Å². The van der Waals surface area contributed by atoms with Crippen LogP contribution in [-0.2, 0) is 0 Å². The van der Waals surface area contributed by atoms with Gasteiger partial charge in [-0.25, -0.2) is 4.39 Å². The zero-order valence-corrected chi connectivity index (χ0v) is 10.8. The molecule has 96 valence electrons. The van der Waals surface area contributed by atoms with E-state index in [1.807, 2.05) is 0 Å². The number of ether oxygens (including phenoxy) is 1. The van der Waals surface area contributed by atoms with Gasteiger partial charge >= 0.3 is 6.36 Å². The molecule has 0 bridgehead atoms. The molecule has 1 rings (SSSR count). The van der Waals surface area contributed by atoms with E-state index >= 15 is 0 Å². The lowest BCUT2D eigenvalue weighted by Gasteiger charge is -2.22. The Morgan fingerprint density at radius 2 is 1.53 bits per heavy atom. The van der Waals surface area contributed by atoms with E-state index in [0.29, 0.717) is 5.56 Å². The van der Waals surface area contributed by atoms with Gasteiger partial charge in [-0.3, -0.25) is 0 Å². The Balaban J connectivity index is 2.82. The van der Waals surface area contributed by atoms with Crippen LogP contribution in [0.5, 0.6) is 5.75 Å². The molecule has 0 radical (unpaired) electrons. The lowest BCUT2D eigenvalue weighted by atomic mass is 10.0. The third-order valence-electron chi connectivity index (χ3n) is 2.01. The predicted molar refractivity (Wildman–Crippen MR) is 60.0 cm³/mol. The first-order valence-electron chi connectivity index (χ1n) is 4.78. The third kappa shape index (κ3) is 4.53. The van der Waals surface area contributed by atoms with Gasteiger partial charge in [0, 0.05) is 0 Å². The van der Waals surface area contributed by atoms with Crippen LogP contribution in [0, 0.1) is 0 Å². The van der Waals surface area contributed by atoms with Crippen molar-refractivity contribution in [3.05, 3.63) is 29.8 Å². The van der Waals surface area contributed by atoms with Crippen molar-refractivity contribution in [1.82, 2.24) is 0 Å². The van der Waals surface area contributed by atoms with Gasteiger partial charge in [-0.1, -0.05) is 28.1 Å². The Morgan fingerprint density at radius 1 is 1.06 bits per heavy atom. The highest BCUT2D eigenvalue weighted by Crippen LogP contribution is 2.37. The molecule has 0 aliphatic heterocycles. The van der Waals surface area contributed by atoms with Crippen molar-refractivity contribution in [3.8, 4) is 5.75 Å². The number of benzene rings is 1. The molecule has 0 aromatic heterocycles. The lowest BCUT2D eigenvalue weighted by molar-refractivity contribution is -0.274. The molecule has 6 heteroatoms. The van der Waals surface area contributed by atoms with E-state index in [2.05, 4.69) is 20.7 Å². The average molecular weight is 315 g/mol. The highest BCUT2D eigenvalue weighted by molar-refractivity contribution is 9.09. The van der Waals surface area contributed by atoms with Gasteiger partial charge in [0.1, 0.15) is 11.4 Å². The fraction of sp³-hybridized carbons (Fsp3) is 0.455. The van der Waals surface area contributed by atoms with Crippen LogP contribution in [0.4, 0.5) is 17.6 Å². The maximum Gasteiger partial charge on any atom is 0.573 e. The van der Waals surface area contributed by atoms with Gasteiger partial charge in [-0.05, 0) is 31.5 Å². The van der Waals surface area contributed by atoms with Crippen LogP contribution in [0.2, 0.25) is 0 Å². The second kappa shape index (κ2) is 4.84. The average Bonchev–Trinajstić information content (AvgIpc) is 2.14. The highest BCUT2D eigenvalue weighted by atomic mass is 79.9. The van der Waals surface area contributed by atoms with Gasteiger partial charge in [0.2, 0.25) is 0 Å². The smallest absolute Gasteiger partial charge is 0.406 e. The quantitative estimate of drug-likeness (QED) is 0.577. The van der Waals surface area contributed by atoms with Crippen molar-refractivity contribution < 1.29 is 22.3 Å². The Bertz CT molecular complexity index is 367. The van der Waals surface area contributed by atoms with Crippen molar-refractivity contribution in [2.75, 3.05) is 0 Å². The maximum atomic E-state index is 13.6. The fourth-order valence-corrected chi connectivity index (χ4v) is 1.54. The molecule has 0 heterocycles. The molecule has 1 aromatic rings. The third-order valence-corrected chi connectivity index (χ3v) is 3.63. The number of halogens is 5. The summed E-state index contributed by atoms with van der Waals surface area (Å²) in [5.74, 6) is -0.322. The summed E-state index contributed by atoms with van der Waals surface area (Å²) >= 11 is 3.15. The van der Waals surface area contributed by atoms with Crippen molar-refractivity contribution in [2.45, 2.75) is 30.7 Å². The van der Waals surface area contributed by atoms with Crippen molar-refractivity contribution in [3.63, 3.8) is 0 Å². The van der Waals surface area contributed by atoms with Gasteiger partial charge in [0.15, 0.2) is 0 Å². The van der Waals surface area contributed by atoms with Crippen LogP contribution < -0.4 is 4.74 Å². The SMILES string of the molecule is CC(C)(F)C(Br)c1ccc(OC(F)(F)F)cc1. The summed E-state index contributed by atoms with van der Waals surface area (Å²) in [6.07, 6.45) is -4.71. The maximum absolute atomic E-state index is 13.6. The largest absolute Gasteiger partial charge is 0.573 e. The molecule has 1 nitrogen and oxygen atoms in total. The summed E-state index contributed by atoms with van der Waals surface area (Å²) in [5.41, 5.74) is -0.959. The summed E-state index contributed by atoms with van der Waals surface area (Å²) in [6.45, 7) is 2.76. The van der Waals surface area contributed by atoms with Crippen LogP contribution >= 0.6 is 15.9 Å². The Hall–Kier alpha value is -0.780. The van der Waals surface area contributed by atoms with E-state index in [9.17, 15) is 17.6 Å².